The molecule has 32 heavy (non-hydrogen) atoms. The van der Waals surface area contributed by atoms with Crippen LogP contribution in [0, 0.1) is 6.92 Å². The zero-order valence-electron chi connectivity index (χ0n) is 19.2. The number of amides is 2. The molecule has 9 nitrogen and oxygen atoms in total. The Labute approximate surface area is 192 Å². The summed E-state index contributed by atoms with van der Waals surface area (Å²) in [6, 6.07) is 7.68. The van der Waals surface area contributed by atoms with Gasteiger partial charge in [-0.25, -0.2) is 9.78 Å². The average Bonchev–Trinajstić information content (AvgIpc) is 2.66. The number of aryl methyl sites for hydroxylation is 1. The van der Waals surface area contributed by atoms with Crippen molar-refractivity contribution in [2.24, 2.45) is 5.73 Å². The molecular weight excluding hydrogens is 430 g/mol. The van der Waals surface area contributed by atoms with Crippen LogP contribution in [0.25, 0.3) is 0 Å². The molecule has 4 N–H and O–H groups in total. The molecular formula is C22H31N5O4S. The van der Waals surface area contributed by atoms with Crippen molar-refractivity contribution in [1.29, 1.82) is 0 Å². The van der Waals surface area contributed by atoms with Crippen molar-refractivity contribution in [3.8, 4) is 5.88 Å². The van der Waals surface area contributed by atoms with Gasteiger partial charge in [0.1, 0.15) is 11.2 Å². The molecule has 0 aliphatic carbocycles. The van der Waals surface area contributed by atoms with Crippen molar-refractivity contribution < 1.29 is 19.1 Å². The molecule has 0 spiro atoms. The van der Waals surface area contributed by atoms with Crippen molar-refractivity contribution in [2.75, 3.05) is 24.2 Å². The lowest BCUT2D eigenvalue weighted by Gasteiger charge is -2.19. The third-order valence-corrected chi connectivity index (χ3v) is 4.61. The number of nitrogens with one attached hydrogen (secondary N) is 2. The van der Waals surface area contributed by atoms with Crippen molar-refractivity contribution in [2.45, 2.75) is 51.8 Å². The summed E-state index contributed by atoms with van der Waals surface area (Å²) in [5.74, 6) is 0.445. The van der Waals surface area contributed by atoms with Crippen LogP contribution in [0.2, 0.25) is 0 Å². The highest BCUT2D eigenvalue weighted by Crippen LogP contribution is 2.29. The first kappa shape index (κ1) is 25.3. The van der Waals surface area contributed by atoms with Crippen molar-refractivity contribution in [3.05, 3.63) is 35.4 Å². The van der Waals surface area contributed by atoms with E-state index < -0.39 is 17.6 Å². The maximum absolute atomic E-state index is 12.2. The molecule has 1 aromatic heterocycles. The highest BCUT2D eigenvalue weighted by Gasteiger charge is 2.21. The first-order chi connectivity index (χ1) is 15.1. The molecule has 0 atom stereocenters. The molecule has 0 saturated carbocycles. The van der Waals surface area contributed by atoms with Crippen molar-refractivity contribution in [1.82, 2.24) is 15.3 Å². The lowest BCUT2D eigenvalue weighted by atomic mass is 10.2. The van der Waals surface area contributed by atoms with Crippen molar-refractivity contribution in [3.63, 3.8) is 0 Å². The number of ether oxygens (including phenoxy) is 2. The van der Waals surface area contributed by atoms with E-state index in [1.165, 1.54) is 11.8 Å². The van der Waals surface area contributed by atoms with E-state index in [0.29, 0.717) is 18.1 Å². The zero-order chi connectivity index (χ0) is 23.7. The molecule has 0 radical (unpaired) electrons. The summed E-state index contributed by atoms with van der Waals surface area (Å²) < 4.78 is 11.0. The molecule has 0 unspecified atom stereocenters. The highest BCUT2D eigenvalue weighted by molar-refractivity contribution is 7.99. The Kier molecular flexibility index (Phi) is 9.13. The predicted molar refractivity (Wildman–Crippen MR) is 126 cm³/mol. The molecule has 0 fully saturated rings. The van der Waals surface area contributed by atoms with Gasteiger partial charge < -0.3 is 25.8 Å². The molecule has 2 amide bonds. The van der Waals surface area contributed by atoms with Gasteiger partial charge in [-0.15, -0.1) is 0 Å². The normalized spacial score (nSPS) is 11.0. The van der Waals surface area contributed by atoms with Gasteiger partial charge in [0.25, 0.3) is 5.91 Å². The lowest BCUT2D eigenvalue weighted by molar-refractivity contribution is 0.0525. The van der Waals surface area contributed by atoms with Gasteiger partial charge in [-0.2, -0.15) is 4.98 Å². The number of benzene rings is 1. The van der Waals surface area contributed by atoms with Crippen LogP contribution in [0.15, 0.2) is 29.4 Å². The fraction of sp³-hybridized carbons (Fsp3) is 0.455. The van der Waals surface area contributed by atoms with Crippen LogP contribution in [0.1, 0.15) is 50.0 Å². The van der Waals surface area contributed by atoms with Gasteiger partial charge in [0.05, 0.1) is 6.61 Å². The largest absolute Gasteiger partial charge is 0.477 e. The molecule has 0 saturated heterocycles. The Bertz CT molecular complexity index is 946. The molecule has 1 heterocycles. The summed E-state index contributed by atoms with van der Waals surface area (Å²) in [6.45, 7) is 9.90. The number of anilines is 2. The molecule has 174 valence electrons. The topological polar surface area (TPSA) is 128 Å². The number of carbonyl (C=O) groups is 2. The molecule has 2 aromatic rings. The maximum Gasteiger partial charge on any atom is 0.407 e. The number of aromatic nitrogens is 2. The van der Waals surface area contributed by atoms with Gasteiger partial charge in [0.15, 0.2) is 11.0 Å². The van der Waals surface area contributed by atoms with Crippen LogP contribution < -0.4 is 21.1 Å². The molecule has 0 aliphatic rings. The second kappa shape index (κ2) is 11.6. The minimum Gasteiger partial charge on any atom is -0.477 e. The first-order valence-electron chi connectivity index (χ1n) is 10.4. The van der Waals surface area contributed by atoms with Gasteiger partial charge >= 0.3 is 6.09 Å². The van der Waals surface area contributed by atoms with Crippen LogP contribution in [0.5, 0.6) is 5.88 Å². The summed E-state index contributed by atoms with van der Waals surface area (Å²) in [6.07, 6.45) is -0.0122. The minimum atomic E-state index is -0.699. The summed E-state index contributed by atoms with van der Waals surface area (Å²) in [5, 5.41) is 6.28. The van der Waals surface area contributed by atoms with E-state index in [9.17, 15) is 9.59 Å². The Morgan fingerprint density at radius 2 is 1.97 bits per heavy atom. The Hall–Kier alpha value is -3.01. The Balaban J connectivity index is 2.13. The summed E-state index contributed by atoms with van der Waals surface area (Å²) in [4.78, 5) is 32.8. The number of nitrogens with zero attached hydrogens (tertiary/aromatic N) is 2. The van der Waals surface area contributed by atoms with E-state index in [1.54, 1.807) is 20.8 Å². The minimum absolute atomic E-state index is 0.0760. The van der Waals surface area contributed by atoms with E-state index >= 15 is 0 Å². The third-order valence-electron chi connectivity index (χ3n) is 3.88. The number of rotatable bonds is 10. The predicted octanol–water partition coefficient (Wildman–Crippen LogP) is 4.03. The number of primary amides is 1. The second-order valence-electron chi connectivity index (χ2n) is 7.96. The number of alkyl carbamates (subject to hydrolysis) is 1. The van der Waals surface area contributed by atoms with Crippen LogP contribution in [0.3, 0.4) is 0 Å². The van der Waals surface area contributed by atoms with Crippen molar-refractivity contribution >= 4 is 35.3 Å². The van der Waals surface area contributed by atoms with E-state index in [1.807, 2.05) is 38.1 Å². The monoisotopic (exact) mass is 461 g/mol. The number of nitrogens with two attached hydrogens (primary N) is 1. The summed E-state index contributed by atoms with van der Waals surface area (Å²) in [5.41, 5.74) is 6.97. The smallest absolute Gasteiger partial charge is 0.407 e. The average molecular weight is 462 g/mol. The standard InChI is InChI=1S/C22H31N5O4S/c1-6-32-20-26-18(25-15-10-7-9-14(2)13-15)16(17(23)28)19(27-20)30-12-8-11-24-21(29)31-22(3,4)5/h7,9-10,13H,6,8,11-12H2,1-5H3,(H2,23,28)(H,24,29)(H,25,26,27). The third kappa shape index (κ3) is 8.26. The lowest BCUT2D eigenvalue weighted by Crippen LogP contribution is -2.33. The van der Waals surface area contributed by atoms with E-state index in [2.05, 4.69) is 20.6 Å². The number of thioether (sulfide) groups is 1. The quantitative estimate of drug-likeness (QED) is 0.275. The number of hydrogen-bond donors (Lipinski definition) is 3. The molecule has 0 aliphatic heterocycles. The van der Waals surface area contributed by atoms with Gasteiger partial charge in [0, 0.05) is 12.2 Å². The van der Waals surface area contributed by atoms with Crippen LogP contribution >= 0.6 is 11.8 Å². The van der Waals surface area contributed by atoms with Crippen LogP contribution in [0.4, 0.5) is 16.3 Å². The van der Waals surface area contributed by atoms with Gasteiger partial charge in [-0.3, -0.25) is 4.79 Å². The SMILES string of the molecule is CCSc1nc(Nc2cccc(C)c2)c(C(N)=O)c(OCCCNC(=O)OC(C)(C)C)n1. The molecule has 10 heteroatoms. The zero-order valence-corrected chi connectivity index (χ0v) is 20.0. The van der Waals surface area contributed by atoms with Gasteiger partial charge in [-0.1, -0.05) is 30.8 Å². The fourth-order valence-electron chi connectivity index (χ4n) is 2.64. The fourth-order valence-corrected chi connectivity index (χ4v) is 3.20. The van der Waals surface area contributed by atoms with Gasteiger partial charge in [-0.05, 0) is 57.6 Å². The van der Waals surface area contributed by atoms with Crippen LogP contribution in [-0.4, -0.2) is 46.5 Å². The Morgan fingerprint density at radius 1 is 1.22 bits per heavy atom. The number of hydrogen-bond acceptors (Lipinski definition) is 8. The highest BCUT2D eigenvalue weighted by atomic mass is 32.2. The number of carbonyl (C=O) groups excluding carboxylic acids is 2. The Morgan fingerprint density at radius 3 is 2.59 bits per heavy atom. The summed E-state index contributed by atoms with van der Waals surface area (Å²) in [7, 11) is 0. The van der Waals surface area contributed by atoms with E-state index in [4.69, 9.17) is 15.2 Å². The van der Waals surface area contributed by atoms with E-state index in [0.717, 1.165) is 17.0 Å². The summed E-state index contributed by atoms with van der Waals surface area (Å²) >= 11 is 1.42. The molecule has 0 bridgehead atoms. The first-order valence-corrected chi connectivity index (χ1v) is 11.4. The molecule has 1 aromatic carbocycles. The maximum atomic E-state index is 12.2. The second-order valence-corrected chi connectivity index (χ2v) is 9.19. The van der Waals surface area contributed by atoms with E-state index in [-0.39, 0.29) is 23.9 Å². The van der Waals surface area contributed by atoms with Gasteiger partial charge in [0.2, 0.25) is 5.88 Å². The van der Waals surface area contributed by atoms with Crippen LogP contribution in [-0.2, 0) is 4.74 Å². The molecule has 2 rings (SSSR count).